The van der Waals surface area contributed by atoms with Gasteiger partial charge in [-0.15, -0.1) is 0 Å². The number of fused-ring (bicyclic) bond motifs is 1. The zero-order valence-electron chi connectivity index (χ0n) is 20.5. The lowest BCUT2D eigenvalue weighted by Gasteiger charge is -2.37. The molecule has 5 aliphatic rings. The molecule has 0 aromatic rings. The summed E-state index contributed by atoms with van der Waals surface area (Å²) in [6.07, 6.45) is 7.42. The van der Waals surface area contributed by atoms with Crippen LogP contribution in [0, 0.1) is 17.3 Å². The molecule has 5 saturated heterocycles. The Morgan fingerprint density at radius 1 is 1.12 bits per heavy atom. The average molecular weight is 500 g/mol. The standard InChI is InChI=1S/C22H37N3O2S.2CH2O2/c1-21(7-9-24(2)10-8-21)20(26)23-13-17-18-14-25(16-4-11-28-12-5-16)15-22(18)6-3-19(17)27-22;2*2-1-3/h16-19H,3-15H2,1-2H3,(H,23,26);2*1H,(H,2,3)/t17-,18+,19+,22+;;/m0../s1. The van der Waals surface area contributed by atoms with Gasteiger partial charge in [-0.25, -0.2) is 0 Å². The van der Waals surface area contributed by atoms with Crippen molar-refractivity contribution >= 4 is 30.6 Å². The van der Waals surface area contributed by atoms with Crippen molar-refractivity contribution in [1.82, 2.24) is 15.1 Å². The Bertz CT molecular complexity index is 692. The Hall–Kier alpha value is -1.36. The van der Waals surface area contributed by atoms with Crippen LogP contribution in [0.5, 0.6) is 0 Å². The van der Waals surface area contributed by atoms with Crippen LogP contribution < -0.4 is 5.32 Å². The minimum absolute atomic E-state index is 0.0993. The summed E-state index contributed by atoms with van der Waals surface area (Å²) in [5.41, 5.74) is -0.0910. The number of amides is 1. The number of hydrogen-bond acceptors (Lipinski definition) is 7. The maximum atomic E-state index is 13.0. The molecule has 1 amide bonds. The number of nitrogens with one attached hydrogen (secondary N) is 1. The largest absolute Gasteiger partial charge is 0.483 e. The summed E-state index contributed by atoms with van der Waals surface area (Å²) < 4.78 is 6.63. The van der Waals surface area contributed by atoms with Crippen LogP contribution in [-0.4, -0.2) is 108 Å². The molecule has 2 bridgehead atoms. The fourth-order valence-electron chi connectivity index (χ4n) is 6.59. The van der Waals surface area contributed by atoms with Gasteiger partial charge in [-0.3, -0.25) is 19.3 Å². The first-order valence-corrected chi connectivity index (χ1v) is 13.6. The smallest absolute Gasteiger partial charge is 0.290 e. The number of thioether (sulfide) groups is 1. The van der Waals surface area contributed by atoms with Gasteiger partial charge in [-0.05, 0) is 70.2 Å². The monoisotopic (exact) mass is 499 g/mol. The van der Waals surface area contributed by atoms with Crippen molar-refractivity contribution in [3.8, 4) is 0 Å². The van der Waals surface area contributed by atoms with E-state index in [0.29, 0.717) is 17.9 Å². The zero-order valence-corrected chi connectivity index (χ0v) is 21.3. The number of carbonyl (C=O) groups excluding carboxylic acids is 1. The summed E-state index contributed by atoms with van der Waals surface area (Å²) in [5.74, 6) is 4.03. The summed E-state index contributed by atoms with van der Waals surface area (Å²) in [5, 5.41) is 17.2. The molecule has 0 aromatic heterocycles. The van der Waals surface area contributed by atoms with E-state index < -0.39 is 0 Å². The molecule has 5 heterocycles. The Morgan fingerprint density at radius 2 is 1.74 bits per heavy atom. The number of carbonyl (C=O) groups is 3. The maximum Gasteiger partial charge on any atom is 0.290 e. The summed E-state index contributed by atoms with van der Waals surface area (Å²) in [6.45, 7) is 6.85. The molecular weight excluding hydrogens is 458 g/mol. The Balaban J connectivity index is 0.000000492. The van der Waals surface area contributed by atoms with Crippen molar-refractivity contribution in [2.45, 2.75) is 63.2 Å². The molecule has 34 heavy (non-hydrogen) atoms. The molecule has 9 nitrogen and oxygen atoms in total. The first-order chi connectivity index (χ1) is 16.3. The molecule has 5 rings (SSSR count). The molecule has 0 aliphatic carbocycles. The van der Waals surface area contributed by atoms with Crippen molar-refractivity contribution in [3.05, 3.63) is 0 Å². The number of likely N-dealkylation sites (tertiary alicyclic amines) is 2. The van der Waals surface area contributed by atoms with E-state index in [9.17, 15) is 4.79 Å². The molecule has 0 saturated carbocycles. The molecule has 0 radical (unpaired) electrons. The van der Waals surface area contributed by atoms with Crippen LogP contribution in [-0.2, 0) is 19.1 Å². The summed E-state index contributed by atoms with van der Waals surface area (Å²) in [6, 6.07) is 0.761. The highest BCUT2D eigenvalue weighted by Gasteiger charge is 2.63. The van der Waals surface area contributed by atoms with Gasteiger partial charge in [0.15, 0.2) is 0 Å². The van der Waals surface area contributed by atoms with E-state index in [2.05, 4.69) is 40.8 Å². The van der Waals surface area contributed by atoms with Gasteiger partial charge in [0.05, 0.1) is 11.7 Å². The van der Waals surface area contributed by atoms with Crippen molar-refractivity contribution in [3.63, 3.8) is 0 Å². The van der Waals surface area contributed by atoms with Crippen LogP contribution in [0.25, 0.3) is 0 Å². The predicted molar refractivity (Wildman–Crippen MR) is 131 cm³/mol. The van der Waals surface area contributed by atoms with Crippen LogP contribution in [0.15, 0.2) is 0 Å². The fraction of sp³-hybridized carbons (Fsp3) is 0.875. The van der Waals surface area contributed by atoms with E-state index in [1.54, 1.807) is 0 Å². The third kappa shape index (κ3) is 5.88. The second-order valence-electron chi connectivity index (χ2n) is 10.6. The Morgan fingerprint density at radius 3 is 2.35 bits per heavy atom. The topological polar surface area (TPSA) is 119 Å². The number of rotatable bonds is 4. The summed E-state index contributed by atoms with van der Waals surface area (Å²) in [7, 11) is 2.15. The molecule has 194 valence electrons. The molecule has 3 N–H and O–H groups in total. The van der Waals surface area contributed by atoms with E-state index in [0.717, 1.165) is 45.1 Å². The van der Waals surface area contributed by atoms with Crippen LogP contribution in [0.4, 0.5) is 0 Å². The van der Waals surface area contributed by atoms with Gasteiger partial charge in [-0.1, -0.05) is 6.92 Å². The zero-order chi connectivity index (χ0) is 24.8. The number of ether oxygens (including phenoxy) is 1. The van der Waals surface area contributed by atoms with Crippen LogP contribution >= 0.6 is 11.8 Å². The first-order valence-electron chi connectivity index (χ1n) is 12.4. The third-order valence-electron chi connectivity index (χ3n) is 8.65. The molecule has 5 aliphatic heterocycles. The molecular formula is C24H41N3O6S. The van der Waals surface area contributed by atoms with Gasteiger partial charge in [0.2, 0.25) is 5.91 Å². The lowest BCUT2D eigenvalue weighted by molar-refractivity contribution is -0.133. The number of carboxylic acid groups (broad SMARTS) is 2. The van der Waals surface area contributed by atoms with Crippen LogP contribution in [0.1, 0.15) is 45.4 Å². The highest BCUT2D eigenvalue weighted by Crippen LogP contribution is 2.55. The average Bonchev–Trinajstić information content (AvgIpc) is 3.50. The highest BCUT2D eigenvalue weighted by molar-refractivity contribution is 7.99. The Kier molecular flexibility index (Phi) is 9.65. The van der Waals surface area contributed by atoms with Gasteiger partial charge < -0.3 is 25.2 Å². The summed E-state index contributed by atoms with van der Waals surface area (Å²) >= 11 is 2.11. The van der Waals surface area contributed by atoms with Crippen molar-refractivity contribution < 1.29 is 29.3 Å². The number of nitrogens with zero attached hydrogens (tertiary/aromatic N) is 2. The number of piperidine rings is 1. The first kappa shape index (κ1) is 27.2. The molecule has 0 unspecified atom stereocenters. The maximum absolute atomic E-state index is 13.0. The molecule has 4 atom stereocenters. The SMILES string of the molecule is CN1CCC(C)(C(=O)NC[C@H]2[C@H]3CN(C4CCSCC4)C[C@]34CC[C@H]2O4)CC1.O=CO.O=CO. The van der Waals surface area contributed by atoms with E-state index in [-0.39, 0.29) is 29.9 Å². The van der Waals surface area contributed by atoms with Gasteiger partial charge in [0.25, 0.3) is 12.9 Å². The Labute approximate surface area is 206 Å². The van der Waals surface area contributed by atoms with Gasteiger partial charge in [0.1, 0.15) is 0 Å². The lowest BCUT2D eigenvalue weighted by atomic mass is 9.73. The van der Waals surface area contributed by atoms with Crippen molar-refractivity contribution in [2.75, 3.05) is 51.3 Å². The van der Waals surface area contributed by atoms with E-state index in [4.69, 9.17) is 24.5 Å². The minimum atomic E-state index is -0.250. The normalized spacial score (nSPS) is 34.7. The van der Waals surface area contributed by atoms with E-state index >= 15 is 0 Å². The van der Waals surface area contributed by atoms with Gasteiger partial charge in [0, 0.05) is 42.9 Å². The molecule has 5 fully saturated rings. The number of hydrogen-bond donors (Lipinski definition) is 3. The van der Waals surface area contributed by atoms with Crippen LogP contribution in [0.3, 0.4) is 0 Å². The van der Waals surface area contributed by atoms with Crippen molar-refractivity contribution in [2.24, 2.45) is 17.3 Å². The lowest BCUT2D eigenvalue weighted by Crippen LogP contribution is -2.49. The second-order valence-corrected chi connectivity index (χ2v) is 11.8. The minimum Gasteiger partial charge on any atom is -0.483 e. The van der Waals surface area contributed by atoms with Crippen molar-refractivity contribution in [1.29, 1.82) is 0 Å². The quantitative estimate of drug-likeness (QED) is 0.496. The fourth-order valence-corrected chi connectivity index (χ4v) is 7.67. The predicted octanol–water partition coefficient (Wildman–Crippen LogP) is 1.61. The molecule has 10 heteroatoms. The van der Waals surface area contributed by atoms with Gasteiger partial charge in [-0.2, -0.15) is 11.8 Å². The van der Waals surface area contributed by atoms with Gasteiger partial charge >= 0.3 is 0 Å². The molecule has 0 aromatic carbocycles. The van der Waals surface area contributed by atoms with E-state index in [1.165, 1.54) is 43.7 Å². The summed E-state index contributed by atoms with van der Waals surface area (Å²) in [4.78, 5) is 34.8. The van der Waals surface area contributed by atoms with E-state index in [1.807, 2.05) is 0 Å². The third-order valence-corrected chi connectivity index (χ3v) is 9.70. The van der Waals surface area contributed by atoms with Crippen LogP contribution in [0.2, 0.25) is 0 Å². The second kappa shape index (κ2) is 12.1. The molecule has 1 spiro atoms. The highest BCUT2D eigenvalue weighted by atomic mass is 32.2.